The number of benzene rings is 1. The molecule has 0 atom stereocenters. The van der Waals surface area contributed by atoms with Crippen LogP contribution in [0.5, 0.6) is 0 Å². The molecule has 0 saturated heterocycles. The molecule has 9 heteroatoms. The van der Waals surface area contributed by atoms with Gasteiger partial charge in [-0.25, -0.2) is 0 Å². The summed E-state index contributed by atoms with van der Waals surface area (Å²) in [6.45, 7) is -0.617. The number of nitrogens with zero attached hydrogens (tertiary/aromatic N) is 1. The van der Waals surface area contributed by atoms with Crippen molar-refractivity contribution in [2.45, 2.75) is 6.54 Å². The fourth-order valence-corrected chi connectivity index (χ4v) is 1.37. The van der Waals surface area contributed by atoms with E-state index in [4.69, 9.17) is 0 Å². The second kappa shape index (κ2) is 14.7. The van der Waals surface area contributed by atoms with Crippen LogP contribution in [0, 0.1) is 0 Å². The molecule has 0 radical (unpaired) electrons. The van der Waals surface area contributed by atoms with Gasteiger partial charge in [-0.05, 0) is 5.56 Å². The van der Waals surface area contributed by atoms with Crippen molar-refractivity contribution >= 4 is 49.7 Å². The van der Waals surface area contributed by atoms with Crippen LogP contribution in [0.4, 0.5) is 0 Å². The molecule has 1 aromatic rings. The van der Waals surface area contributed by atoms with E-state index in [1.807, 2.05) is 6.07 Å². The summed E-state index contributed by atoms with van der Waals surface area (Å²) < 4.78 is 0. The molecule has 0 fully saturated rings. The molecule has 0 heterocycles. The van der Waals surface area contributed by atoms with E-state index < -0.39 is 25.0 Å². The van der Waals surface area contributed by atoms with Crippen molar-refractivity contribution < 1.29 is 36.2 Å². The Labute approximate surface area is 145 Å². The van der Waals surface area contributed by atoms with Gasteiger partial charge in [0.2, 0.25) is 0 Å². The summed E-state index contributed by atoms with van der Waals surface area (Å²) >= 11 is 0. The molecule has 0 aliphatic rings. The van der Waals surface area contributed by atoms with Gasteiger partial charge < -0.3 is 36.2 Å². The summed E-state index contributed by atoms with van der Waals surface area (Å²) in [5.74, 6) is -2.62. The predicted molar refractivity (Wildman–Crippen MR) is 68.3 cm³/mol. The third kappa shape index (κ3) is 12.3. The monoisotopic (exact) mass is 315 g/mol. The fourth-order valence-electron chi connectivity index (χ4n) is 1.37. The van der Waals surface area contributed by atoms with Crippen molar-refractivity contribution in [1.29, 1.82) is 0 Å². The number of carboxylic acid groups (broad SMARTS) is 2. The summed E-state index contributed by atoms with van der Waals surface area (Å²) in [4.78, 5) is 22.1. The third-order valence-corrected chi connectivity index (χ3v) is 1.95. The Kier molecular flexibility index (Phi) is 20.2. The zero-order valence-corrected chi connectivity index (χ0v) is 13.0. The van der Waals surface area contributed by atoms with Crippen molar-refractivity contribution in [3.63, 3.8) is 0 Å². The van der Waals surface area contributed by atoms with Gasteiger partial charge in [-0.2, -0.15) is 0 Å². The largest absolute Gasteiger partial charge is 2.00 e. The number of rotatable bonds is 6. The maximum atomic E-state index is 10.4. The Bertz CT molecular complexity index is 358. The molecule has 0 unspecified atom stereocenters. The summed E-state index contributed by atoms with van der Waals surface area (Å²) in [7, 11) is 0. The number of carbonyl (C=O) groups is 2. The maximum absolute atomic E-state index is 10.4. The molecule has 1 aromatic carbocycles. The number of carbonyl (C=O) groups excluding carboxylic acids is 2. The van der Waals surface area contributed by atoms with Gasteiger partial charge in [0.05, 0.1) is 11.9 Å². The Morgan fingerprint density at radius 3 is 1.65 bits per heavy atom. The van der Waals surface area contributed by atoms with Crippen LogP contribution in [-0.2, 0) is 16.1 Å². The van der Waals surface area contributed by atoms with Crippen LogP contribution in [0.3, 0.4) is 0 Å². The zero-order valence-electron chi connectivity index (χ0n) is 10.8. The fraction of sp³-hybridized carbons (Fsp3) is 0.273. The van der Waals surface area contributed by atoms with Crippen molar-refractivity contribution in [3.05, 3.63) is 35.9 Å². The maximum Gasteiger partial charge on any atom is 2.00 e. The average Bonchev–Trinajstić information content (AvgIpc) is 2.16. The van der Waals surface area contributed by atoms with E-state index in [2.05, 4.69) is 0 Å². The van der Waals surface area contributed by atoms with Crippen LogP contribution in [0.1, 0.15) is 5.56 Å². The van der Waals surface area contributed by atoms with Crippen molar-refractivity contribution in [2.24, 2.45) is 0 Å². The molecule has 110 valence electrons. The Hall–Kier alpha value is -0.740. The van der Waals surface area contributed by atoms with Crippen LogP contribution in [-0.4, -0.2) is 84.1 Å². The van der Waals surface area contributed by atoms with Crippen LogP contribution >= 0.6 is 0 Å². The summed E-state index contributed by atoms with van der Waals surface area (Å²) in [5, 5.41) is 20.8. The van der Waals surface area contributed by atoms with Crippen molar-refractivity contribution in [1.82, 2.24) is 4.90 Å². The minimum Gasteiger partial charge on any atom is -0.549 e. The first-order valence-corrected chi connectivity index (χ1v) is 4.74. The van der Waals surface area contributed by atoms with Crippen LogP contribution in [0.25, 0.3) is 0 Å². The smallest absolute Gasteiger partial charge is 0.549 e. The van der Waals surface area contributed by atoms with E-state index in [0.717, 1.165) is 5.56 Å². The molecule has 0 spiro atoms. The molecule has 0 aromatic heterocycles. The number of hydrogen-bond donors (Lipinski definition) is 0. The summed E-state index contributed by atoms with van der Waals surface area (Å²) in [6, 6.07) is 9.00. The second-order valence-corrected chi connectivity index (χ2v) is 3.37. The topological polar surface area (TPSA) is 178 Å². The van der Waals surface area contributed by atoms with Gasteiger partial charge in [-0.1, -0.05) is 30.3 Å². The van der Waals surface area contributed by atoms with E-state index in [-0.39, 0.29) is 60.7 Å². The quantitative estimate of drug-likeness (QED) is 0.477. The van der Waals surface area contributed by atoms with Crippen molar-refractivity contribution in [3.8, 4) is 0 Å². The molecule has 0 saturated carbocycles. The molecule has 0 aliphatic heterocycles. The molecular formula is C11H17CaNO7. The number of aliphatic carboxylic acids is 2. The molecule has 0 bridgehead atoms. The molecule has 1 rings (SSSR count). The minimum atomic E-state index is -1.31. The van der Waals surface area contributed by atoms with Crippen LogP contribution in [0.2, 0.25) is 0 Å². The van der Waals surface area contributed by atoms with E-state index >= 15 is 0 Å². The van der Waals surface area contributed by atoms with Gasteiger partial charge in [-0.15, -0.1) is 0 Å². The van der Waals surface area contributed by atoms with E-state index in [9.17, 15) is 19.8 Å². The third-order valence-electron chi connectivity index (χ3n) is 1.95. The van der Waals surface area contributed by atoms with Crippen LogP contribution < -0.4 is 10.2 Å². The van der Waals surface area contributed by atoms with Crippen LogP contribution in [0.15, 0.2) is 30.3 Å². The van der Waals surface area contributed by atoms with Gasteiger partial charge >= 0.3 is 37.7 Å². The van der Waals surface area contributed by atoms with E-state index in [1.165, 1.54) is 4.90 Å². The molecule has 8 nitrogen and oxygen atoms in total. The molecule has 6 N–H and O–H groups in total. The van der Waals surface area contributed by atoms with Gasteiger partial charge in [0, 0.05) is 19.6 Å². The van der Waals surface area contributed by atoms with Crippen molar-refractivity contribution in [2.75, 3.05) is 13.1 Å². The standard InChI is InChI=1S/C11H13NO4.Ca.3H2O/c13-10(14)7-12(8-11(15)16)6-9-4-2-1-3-5-9;;;;/h1-5H,6-8H2,(H,13,14)(H,15,16);;3*1H2/q;+2;;;/p-2. The first-order valence-electron chi connectivity index (χ1n) is 4.74. The molecular weight excluding hydrogens is 298 g/mol. The van der Waals surface area contributed by atoms with Gasteiger partial charge in [0.15, 0.2) is 0 Å². The van der Waals surface area contributed by atoms with E-state index in [1.54, 1.807) is 24.3 Å². The first-order chi connectivity index (χ1) is 7.58. The van der Waals surface area contributed by atoms with Gasteiger partial charge in [-0.3, -0.25) is 4.90 Å². The van der Waals surface area contributed by atoms with E-state index in [0.29, 0.717) is 0 Å². The normalized spacial score (nSPS) is 8.25. The zero-order chi connectivity index (χ0) is 12.0. The summed E-state index contributed by atoms with van der Waals surface area (Å²) in [5.41, 5.74) is 0.838. The number of carboxylic acids is 2. The van der Waals surface area contributed by atoms with Gasteiger partial charge in [0.1, 0.15) is 0 Å². The minimum absolute atomic E-state index is 0. The van der Waals surface area contributed by atoms with Gasteiger partial charge in [0.25, 0.3) is 0 Å². The number of hydrogen-bond acceptors (Lipinski definition) is 5. The Morgan fingerprint density at radius 1 is 0.900 bits per heavy atom. The first kappa shape index (κ1) is 27.6. The average molecular weight is 315 g/mol. The second-order valence-electron chi connectivity index (χ2n) is 3.37. The summed E-state index contributed by atoms with van der Waals surface area (Å²) in [6.07, 6.45) is 0. The Morgan fingerprint density at radius 2 is 1.30 bits per heavy atom. The molecule has 0 aliphatic carbocycles. The Balaban J connectivity index is -0.000000320. The molecule has 20 heavy (non-hydrogen) atoms. The predicted octanol–water partition coefficient (Wildman–Crippen LogP) is -4.87. The SMILES string of the molecule is O.O.O.O=C([O-])CN(CC(=O)[O-])Cc1ccccc1.[Ca+2]. The molecule has 0 amide bonds.